The molecular weight excluding hydrogens is 435 g/mol. The van der Waals surface area contributed by atoms with Crippen LogP contribution >= 0.6 is 11.3 Å². The van der Waals surface area contributed by atoms with Gasteiger partial charge in [-0.1, -0.05) is 18.2 Å². The van der Waals surface area contributed by atoms with Gasteiger partial charge in [0.05, 0.1) is 11.3 Å². The maximum Gasteiger partial charge on any atom is 0.416 e. The first-order valence-electron chi connectivity index (χ1n) is 9.28. The summed E-state index contributed by atoms with van der Waals surface area (Å²) in [6.07, 6.45) is -0.470. The van der Waals surface area contributed by atoms with Gasteiger partial charge >= 0.3 is 6.18 Å². The van der Waals surface area contributed by atoms with E-state index in [1.165, 1.54) is 34.2 Å². The maximum atomic E-state index is 13.1. The molecule has 3 aromatic rings. The van der Waals surface area contributed by atoms with Crippen molar-refractivity contribution in [1.82, 2.24) is 14.3 Å². The summed E-state index contributed by atoms with van der Waals surface area (Å²) in [6.45, 7) is 0.661. The van der Waals surface area contributed by atoms with Gasteiger partial charge in [0.1, 0.15) is 10.5 Å². The van der Waals surface area contributed by atoms with Crippen molar-refractivity contribution in [2.75, 3.05) is 13.1 Å². The van der Waals surface area contributed by atoms with E-state index in [2.05, 4.69) is 9.97 Å². The number of sulfonamides is 1. The summed E-state index contributed by atoms with van der Waals surface area (Å²) in [7, 11) is -3.51. The summed E-state index contributed by atoms with van der Waals surface area (Å²) in [5.41, 5.74) is 0.862. The van der Waals surface area contributed by atoms with Crippen molar-refractivity contribution in [3.8, 4) is 11.1 Å². The molecule has 4 rings (SSSR count). The SMILES string of the molecule is O=S(=O)(c1cccs1)N1CCC(c2ncncc2-c2cccc(C(F)(F)F)c2)CC1. The number of nitrogens with zero attached hydrogens (tertiary/aromatic N) is 3. The van der Waals surface area contributed by atoms with E-state index >= 15 is 0 Å². The van der Waals surface area contributed by atoms with Crippen molar-refractivity contribution in [2.45, 2.75) is 29.1 Å². The molecule has 0 aliphatic carbocycles. The Balaban J connectivity index is 1.58. The van der Waals surface area contributed by atoms with Crippen LogP contribution in [0.2, 0.25) is 0 Å². The lowest BCUT2D eigenvalue weighted by atomic mass is 9.89. The highest BCUT2D eigenvalue weighted by Gasteiger charge is 2.33. The minimum absolute atomic E-state index is 0.0627. The molecule has 1 aliphatic heterocycles. The van der Waals surface area contributed by atoms with Crippen LogP contribution in [0.15, 0.2) is 58.5 Å². The monoisotopic (exact) mass is 453 g/mol. The molecule has 0 bridgehead atoms. The molecule has 5 nitrogen and oxygen atoms in total. The predicted octanol–water partition coefficient (Wildman–Crippen LogP) is 4.79. The van der Waals surface area contributed by atoms with Gasteiger partial charge in [-0.2, -0.15) is 17.5 Å². The third-order valence-corrected chi connectivity index (χ3v) is 8.45. The lowest BCUT2D eigenvalue weighted by molar-refractivity contribution is -0.137. The van der Waals surface area contributed by atoms with Crippen LogP contribution in [0.25, 0.3) is 11.1 Å². The van der Waals surface area contributed by atoms with Gasteiger partial charge in [0, 0.05) is 30.8 Å². The molecule has 30 heavy (non-hydrogen) atoms. The molecule has 0 spiro atoms. The average Bonchev–Trinajstić information content (AvgIpc) is 3.29. The van der Waals surface area contributed by atoms with Gasteiger partial charge < -0.3 is 0 Å². The molecule has 1 fully saturated rings. The van der Waals surface area contributed by atoms with Crippen LogP contribution in [0.1, 0.15) is 30.0 Å². The van der Waals surface area contributed by atoms with Gasteiger partial charge in [0.2, 0.25) is 0 Å². The molecule has 1 aliphatic rings. The first-order valence-corrected chi connectivity index (χ1v) is 11.6. The quantitative estimate of drug-likeness (QED) is 0.570. The highest BCUT2D eigenvalue weighted by molar-refractivity contribution is 7.91. The zero-order valence-corrected chi connectivity index (χ0v) is 17.3. The van der Waals surface area contributed by atoms with Crippen LogP contribution in [-0.2, 0) is 16.2 Å². The zero-order valence-electron chi connectivity index (χ0n) is 15.7. The fourth-order valence-electron chi connectivity index (χ4n) is 3.66. The Kier molecular flexibility index (Phi) is 5.65. The molecule has 10 heteroatoms. The highest BCUT2D eigenvalue weighted by atomic mass is 32.2. The minimum Gasteiger partial charge on any atom is -0.244 e. The summed E-state index contributed by atoms with van der Waals surface area (Å²) >= 11 is 1.18. The standard InChI is InChI=1S/C20H18F3N3O2S2/c21-20(22,23)16-4-1-3-15(11-16)17-12-24-13-25-19(17)14-6-8-26(9-7-14)30(27,28)18-5-2-10-29-18/h1-5,10-14H,6-9H2. The Morgan fingerprint density at radius 2 is 1.87 bits per heavy atom. The van der Waals surface area contributed by atoms with E-state index in [4.69, 9.17) is 0 Å². The number of alkyl halides is 3. The second kappa shape index (κ2) is 8.09. The van der Waals surface area contributed by atoms with Crippen LogP contribution in [-0.4, -0.2) is 35.8 Å². The number of thiophene rings is 1. The second-order valence-corrected chi connectivity index (χ2v) is 10.1. The third kappa shape index (κ3) is 4.12. The van der Waals surface area contributed by atoms with E-state index in [1.807, 2.05) is 0 Å². The normalized spacial score (nSPS) is 16.6. The molecule has 3 heterocycles. The molecule has 0 unspecified atom stereocenters. The molecule has 0 amide bonds. The van der Waals surface area contributed by atoms with Gasteiger partial charge in [-0.25, -0.2) is 18.4 Å². The van der Waals surface area contributed by atoms with E-state index in [9.17, 15) is 21.6 Å². The van der Waals surface area contributed by atoms with Crippen molar-refractivity contribution >= 4 is 21.4 Å². The van der Waals surface area contributed by atoms with Crippen LogP contribution in [0.3, 0.4) is 0 Å². The van der Waals surface area contributed by atoms with Gasteiger partial charge in [0.25, 0.3) is 10.0 Å². The van der Waals surface area contributed by atoms with Crippen molar-refractivity contribution in [1.29, 1.82) is 0 Å². The zero-order chi connectivity index (χ0) is 21.4. The van der Waals surface area contributed by atoms with Crippen molar-refractivity contribution in [3.05, 3.63) is 65.6 Å². The second-order valence-electron chi connectivity index (χ2n) is 7.01. The average molecular weight is 454 g/mol. The first-order chi connectivity index (χ1) is 14.3. The molecule has 0 atom stereocenters. The van der Waals surface area contributed by atoms with Crippen LogP contribution in [0.4, 0.5) is 13.2 Å². The fraction of sp³-hybridized carbons (Fsp3) is 0.300. The lowest BCUT2D eigenvalue weighted by Crippen LogP contribution is -2.37. The number of rotatable bonds is 4. The molecule has 1 aromatic carbocycles. The predicted molar refractivity (Wildman–Crippen MR) is 108 cm³/mol. The fourth-order valence-corrected chi connectivity index (χ4v) is 6.27. The molecule has 1 saturated heterocycles. The lowest BCUT2D eigenvalue weighted by Gasteiger charge is -2.31. The Morgan fingerprint density at radius 1 is 1.10 bits per heavy atom. The number of aromatic nitrogens is 2. The molecule has 0 radical (unpaired) electrons. The summed E-state index contributed by atoms with van der Waals surface area (Å²) in [6, 6.07) is 8.38. The minimum atomic E-state index is -4.44. The van der Waals surface area contributed by atoms with E-state index in [-0.39, 0.29) is 5.92 Å². The Morgan fingerprint density at radius 3 is 2.53 bits per heavy atom. The number of piperidine rings is 1. The van der Waals surface area contributed by atoms with Crippen LogP contribution in [0, 0.1) is 0 Å². The number of benzene rings is 1. The third-order valence-electron chi connectivity index (χ3n) is 5.17. The van der Waals surface area contributed by atoms with Crippen LogP contribution < -0.4 is 0 Å². The Bertz CT molecular complexity index is 1120. The molecule has 158 valence electrons. The van der Waals surface area contributed by atoms with Gasteiger partial charge in [-0.3, -0.25) is 0 Å². The van der Waals surface area contributed by atoms with E-state index in [0.717, 1.165) is 12.1 Å². The van der Waals surface area contributed by atoms with Crippen molar-refractivity contribution in [2.24, 2.45) is 0 Å². The number of halogens is 3. The molecular formula is C20H18F3N3O2S2. The van der Waals surface area contributed by atoms with E-state index in [0.29, 0.717) is 47.0 Å². The first kappa shape index (κ1) is 21.0. The summed E-state index contributed by atoms with van der Waals surface area (Å²) in [5, 5.41) is 1.72. The highest BCUT2D eigenvalue weighted by Crippen LogP contribution is 2.37. The smallest absolute Gasteiger partial charge is 0.244 e. The van der Waals surface area contributed by atoms with Gasteiger partial charge in [-0.15, -0.1) is 11.3 Å². The summed E-state index contributed by atoms with van der Waals surface area (Å²) in [5.74, 6) is -0.0627. The van der Waals surface area contributed by atoms with Crippen LogP contribution in [0.5, 0.6) is 0 Å². The summed E-state index contributed by atoms with van der Waals surface area (Å²) in [4.78, 5) is 8.35. The number of hydrogen-bond acceptors (Lipinski definition) is 5. The largest absolute Gasteiger partial charge is 0.416 e. The Hall–Kier alpha value is -2.30. The Labute approximate surface area is 176 Å². The van der Waals surface area contributed by atoms with Crippen molar-refractivity contribution in [3.63, 3.8) is 0 Å². The maximum absolute atomic E-state index is 13.1. The topological polar surface area (TPSA) is 63.2 Å². The van der Waals surface area contributed by atoms with E-state index in [1.54, 1.807) is 23.6 Å². The van der Waals surface area contributed by atoms with Gasteiger partial charge in [0.15, 0.2) is 0 Å². The number of hydrogen-bond donors (Lipinski definition) is 0. The molecule has 0 saturated carbocycles. The van der Waals surface area contributed by atoms with Crippen molar-refractivity contribution < 1.29 is 21.6 Å². The van der Waals surface area contributed by atoms with E-state index < -0.39 is 21.8 Å². The van der Waals surface area contributed by atoms with Gasteiger partial charge in [-0.05, 0) is 42.0 Å². The summed E-state index contributed by atoms with van der Waals surface area (Å²) < 4.78 is 66.6. The molecule has 0 N–H and O–H groups in total. The molecule has 2 aromatic heterocycles.